The predicted molar refractivity (Wildman–Crippen MR) is 479 cm³/mol. The Morgan fingerprint density at radius 3 is 1.24 bits per heavy atom. The summed E-state index contributed by atoms with van der Waals surface area (Å²) in [6.45, 7) is 15.9. The maximum Gasteiger partial charge on any atom is 0.328 e. The highest BCUT2D eigenvalue weighted by Crippen LogP contribution is 2.21. The first kappa shape index (κ1) is 115. The van der Waals surface area contributed by atoms with Crippen molar-refractivity contribution < 1.29 is 112 Å². The average molecular weight is 1880 g/mol. The van der Waals surface area contributed by atoms with E-state index in [9.17, 15) is 112 Å². The van der Waals surface area contributed by atoms with E-state index in [0.29, 0.717) is 5.56 Å². The van der Waals surface area contributed by atoms with Crippen LogP contribution in [-0.2, 0) is 92.7 Å². The third kappa shape index (κ3) is 42.0. The van der Waals surface area contributed by atoms with Gasteiger partial charge in [0.1, 0.15) is 90.6 Å². The van der Waals surface area contributed by atoms with Crippen molar-refractivity contribution in [2.24, 2.45) is 46.6 Å². The molecule has 1 saturated heterocycles. The molecule has 34 N–H and O–H groups in total. The largest absolute Gasteiger partial charge is 0.481 e. The lowest BCUT2D eigenvalue weighted by molar-refractivity contribution is -0.143. The number of hydrogen-bond donors (Lipinski definition) is 30. The van der Waals surface area contributed by atoms with Gasteiger partial charge in [0.05, 0.1) is 37.8 Å². The van der Waals surface area contributed by atoms with Crippen molar-refractivity contribution in [1.82, 2.24) is 101 Å². The molecule has 18 atom stereocenters. The zero-order valence-corrected chi connectivity index (χ0v) is 77.1. The van der Waals surface area contributed by atoms with Crippen LogP contribution in [-0.4, -0.2) is 315 Å². The first-order valence-electron chi connectivity index (χ1n) is 43.1. The summed E-state index contributed by atoms with van der Waals surface area (Å²) < 4.78 is 0. The van der Waals surface area contributed by atoms with E-state index in [1.165, 1.54) is 25.6 Å². The molecule has 0 aliphatic carbocycles. The number of carbonyl (C=O) groups excluding carboxylic acids is 16. The van der Waals surface area contributed by atoms with Crippen LogP contribution in [0.25, 0.3) is 0 Å². The van der Waals surface area contributed by atoms with E-state index in [1.54, 1.807) is 92.0 Å². The van der Waals surface area contributed by atoms with Gasteiger partial charge in [-0.05, 0) is 133 Å². The zero-order chi connectivity index (χ0) is 99.4. The Hall–Kier alpha value is -12.3. The van der Waals surface area contributed by atoms with Crippen molar-refractivity contribution in [3.8, 4) is 0 Å². The van der Waals surface area contributed by atoms with Crippen LogP contribution in [0, 0.1) is 39.9 Å². The molecule has 50 heteroatoms. The van der Waals surface area contributed by atoms with Gasteiger partial charge in [-0.25, -0.2) is 4.79 Å². The van der Waals surface area contributed by atoms with Crippen LogP contribution in [0.15, 0.2) is 30.3 Å². The summed E-state index contributed by atoms with van der Waals surface area (Å²) >= 11 is 1.27. The number of rotatable bonds is 59. The number of amides is 16. The number of aliphatic hydroxyl groups excluding tert-OH is 3. The van der Waals surface area contributed by atoms with Crippen molar-refractivity contribution in [1.29, 1.82) is 16.2 Å². The molecule has 0 radical (unpaired) electrons. The second kappa shape index (κ2) is 58.4. The van der Waals surface area contributed by atoms with Crippen molar-refractivity contribution in [3.05, 3.63) is 35.9 Å². The van der Waals surface area contributed by atoms with E-state index < -0.39 is 265 Å². The Morgan fingerprint density at radius 1 is 0.443 bits per heavy atom. The quantitative estimate of drug-likeness (QED) is 0.0164. The van der Waals surface area contributed by atoms with E-state index in [2.05, 4.69) is 95.7 Å². The topological polar surface area (TPSA) is 804 Å². The molecule has 0 bridgehead atoms. The molecule has 1 aromatic carbocycles. The lowest BCUT2D eigenvalue weighted by Gasteiger charge is -2.31. The summed E-state index contributed by atoms with van der Waals surface area (Å²) in [5.41, 5.74) is 22.7. The number of guanidine groups is 3. The number of carboxylic acid groups (broad SMARTS) is 2. The van der Waals surface area contributed by atoms with Crippen LogP contribution in [0.5, 0.6) is 0 Å². The monoisotopic (exact) mass is 1880 g/mol. The van der Waals surface area contributed by atoms with Crippen LogP contribution >= 0.6 is 11.8 Å². The van der Waals surface area contributed by atoms with E-state index in [-0.39, 0.29) is 114 Å². The van der Waals surface area contributed by atoms with Crippen molar-refractivity contribution in [3.63, 3.8) is 0 Å². The fourth-order valence-corrected chi connectivity index (χ4v) is 13.7. The maximum atomic E-state index is 14.4. The van der Waals surface area contributed by atoms with Gasteiger partial charge < -0.3 is 149 Å². The van der Waals surface area contributed by atoms with Crippen LogP contribution in [0.4, 0.5) is 0 Å². The van der Waals surface area contributed by atoms with E-state index in [4.69, 9.17) is 39.2 Å². The van der Waals surface area contributed by atoms with Gasteiger partial charge in [-0.2, -0.15) is 11.8 Å². The summed E-state index contributed by atoms with van der Waals surface area (Å²) in [5, 5.41) is 118. The molecule has 131 heavy (non-hydrogen) atoms. The number of aliphatic carboxylic acids is 2. The molecule has 0 aromatic heterocycles. The third-order valence-corrected chi connectivity index (χ3v) is 21.2. The zero-order valence-electron chi connectivity index (χ0n) is 76.3. The van der Waals surface area contributed by atoms with Crippen LogP contribution in [0.1, 0.15) is 159 Å². The van der Waals surface area contributed by atoms with Crippen LogP contribution in [0.3, 0.4) is 0 Å². The summed E-state index contributed by atoms with van der Waals surface area (Å²) in [6, 6.07) is -15.5. The lowest BCUT2D eigenvalue weighted by atomic mass is 9.98. The van der Waals surface area contributed by atoms with E-state index in [0.717, 1.165) is 18.7 Å². The van der Waals surface area contributed by atoms with Gasteiger partial charge in [0, 0.05) is 32.6 Å². The van der Waals surface area contributed by atoms with Gasteiger partial charge in [-0.15, -0.1) is 0 Å². The van der Waals surface area contributed by atoms with Crippen molar-refractivity contribution >= 4 is 136 Å². The SMILES string of the molecule is CSCC[C@H](NC(=O)[C@@H](NC(=O)[C@H](C)NC(=O)[C@@H](NC(=O)[C@H](Cc1ccccc1)NC(=O)[C@@H](N)CC(=O)O)C(C)C)[C@@H](C)O)C(=O)N[C@H](C(=O)N[C@@H](CCCNC(=N)N)C(=O)NCC(=O)N[C@@H](C)C(=O)N1CCC[C@H]1C(=O)N[C@H](C(=O)N[C@@H](CCCNC(=N)N)C(=O)N[C@H](C(=O)N[C@@H](CC(C)C)C(=O)N[C@@H](CCCNC(=N)N)C(=O)N[C@@H](CO)C(=O)O)C(C)C)[C@@H](C)O)C(C)C. The molecule has 1 aliphatic rings. The Kier molecular flexibility index (Phi) is 51.1. The minimum absolute atomic E-state index is 0.00631. The Balaban J connectivity index is 2.33. The van der Waals surface area contributed by atoms with E-state index >= 15 is 0 Å². The normalized spacial score (nSPS) is 16.3. The number of nitrogens with zero attached hydrogens (tertiary/aromatic N) is 1. The number of thioether (sulfide) groups is 1. The molecule has 1 aromatic rings. The number of nitrogens with two attached hydrogens (primary N) is 4. The van der Waals surface area contributed by atoms with Gasteiger partial charge in [-0.3, -0.25) is 97.7 Å². The maximum absolute atomic E-state index is 14.4. The standard InChI is InChI=1S/C81H138N26O23S/c1-38(2)33-52(69(120)95-49(24-18-29-90-80(85)86)66(117)101-54(37-108)78(129)130)100-74(125)60(41(7)8)102-67(118)50(25-19-30-91-81(87)88)97-76(127)62(45(12)110)106-71(122)55-26-20-31-107(55)77(128)43(10)93-56(111)36-92-65(116)48(23-17-28-89-79(83)84)96-73(124)59(40(5)6)103-68(119)51(27-32-131-13)98-75(126)61(44(11)109)105-63(114)42(9)94-72(123)58(39(3)4)104-70(121)53(34-46-21-15-14-16-22-46)99-64(115)47(82)35-57(112)113/h14-16,21-22,38-45,47-55,58-62,108-110H,17-20,23-37,82H2,1-13H3,(H,92,116)(H,93,111)(H,94,123)(H,95,120)(H,96,124)(H,97,127)(H,98,126)(H,99,115)(H,100,125)(H,101,117)(H,102,118)(H,103,119)(H,104,121)(H,105,114)(H,106,122)(H,112,113)(H,129,130)(H4,83,84,89)(H4,85,86,90)(H4,87,88,91)/t42-,43-,44+,45+,47-,48-,49-,50-,51-,52-,53-,54-,55-,58-,59-,60-,61-,62-/m0/s1. The number of benzene rings is 1. The summed E-state index contributed by atoms with van der Waals surface area (Å²) in [4.78, 5) is 248. The molecule has 1 fully saturated rings. The number of aliphatic hydroxyl groups is 3. The van der Waals surface area contributed by atoms with E-state index in [1.807, 2.05) is 0 Å². The number of carbonyl (C=O) groups is 18. The summed E-state index contributed by atoms with van der Waals surface area (Å²) in [5.74, 6) is -21.5. The number of nitrogens with one attached hydrogen (secondary N) is 21. The Labute approximate surface area is 764 Å². The smallest absolute Gasteiger partial charge is 0.328 e. The molecule has 16 amide bonds. The van der Waals surface area contributed by atoms with Crippen molar-refractivity contribution in [2.45, 2.75) is 269 Å². The van der Waals surface area contributed by atoms with Gasteiger partial charge in [0.25, 0.3) is 0 Å². The fourth-order valence-electron chi connectivity index (χ4n) is 13.3. The van der Waals surface area contributed by atoms with Crippen LogP contribution < -0.4 is 119 Å². The number of likely N-dealkylation sites (tertiary alicyclic amines) is 1. The predicted octanol–water partition coefficient (Wildman–Crippen LogP) is -8.64. The molecule has 1 aliphatic heterocycles. The lowest BCUT2D eigenvalue weighted by Crippen LogP contribution is -2.62. The minimum Gasteiger partial charge on any atom is -0.481 e. The molecule has 49 nitrogen and oxygen atoms in total. The van der Waals surface area contributed by atoms with Crippen molar-refractivity contribution in [2.75, 3.05) is 51.3 Å². The minimum atomic E-state index is -1.82. The third-order valence-electron chi connectivity index (χ3n) is 20.5. The molecule has 0 spiro atoms. The van der Waals surface area contributed by atoms with Crippen LogP contribution in [0.2, 0.25) is 0 Å². The van der Waals surface area contributed by atoms with Gasteiger partial charge in [0.15, 0.2) is 17.9 Å². The highest BCUT2D eigenvalue weighted by molar-refractivity contribution is 7.98. The first-order chi connectivity index (χ1) is 61.3. The molecule has 0 unspecified atom stereocenters. The Bertz CT molecular complexity index is 4070. The fraction of sp³-hybridized carbons (Fsp3) is 0.667. The molecular weight excluding hydrogens is 1740 g/mol. The second-order valence-corrected chi connectivity index (χ2v) is 34.3. The molecule has 736 valence electrons. The highest BCUT2D eigenvalue weighted by Gasteiger charge is 2.43. The molecule has 2 rings (SSSR count). The number of hydrogen-bond acceptors (Lipinski definition) is 26. The number of carboxylic acids is 2. The Morgan fingerprint density at radius 2 is 0.824 bits per heavy atom. The van der Waals surface area contributed by atoms with Gasteiger partial charge >= 0.3 is 11.9 Å². The average Bonchev–Trinajstić information content (AvgIpc) is 1.69. The molecule has 0 saturated carbocycles. The first-order valence-corrected chi connectivity index (χ1v) is 44.5. The van der Waals surface area contributed by atoms with Gasteiger partial charge in [-0.1, -0.05) is 85.7 Å². The molecule has 1 heterocycles. The highest BCUT2D eigenvalue weighted by atomic mass is 32.2. The summed E-state index contributed by atoms with van der Waals surface area (Å²) in [7, 11) is 0. The van der Waals surface area contributed by atoms with Gasteiger partial charge in [0.2, 0.25) is 94.5 Å². The second-order valence-electron chi connectivity index (χ2n) is 33.3. The summed E-state index contributed by atoms with van der Waals surface area (Å²) in [6.07, 6.45) is -2.64. The molecular formula is C81H138N26O23S.